The van der Waals surface area contributed by atoms with E-state index >= 15 is 0 Å². The lowest BCUT2D eigenvalue weighted by atomic mass is 10.1. The monoisotopic (exact) mass is 358 g/mol. The second-order valence-electron chi connectivity index (χ2n) is 6.23. The Morgan fingerprint density at radius 3 is 2.24 bits per heavy atom. The number of carbonyl (C=O) groups excluding carboxylic acids is 2. The van der Waals surface area contributed by atoms with Crippen LogP contribution in [0.2, 0.25) is 0 Å². The predicted molar refractivity (Wildman–Crippen MR) is 84.9 cm³/mol. The number of halogens is 3. The van der Waals surface area contributed by atoms with Gasteiger partial charge in [-0.3, -0.25) is 9.59 Å². The third-order valence-electron chi connectivity index (χ3n) is 3.76. The Kier molecular flexibility index (Phi) is 6.05. The molecule has 2 unspecified atom stereocenters. The van der Waals surface area contributed by atoms with Crippen LogP contribution in [0.4, 0.5) is 13.2 Å². The molecule has 8 heteroatoms. The fraction of sp³-hybridized carbons (Fsp3) is 0.529. The van der Waals surface area contributed by atoms with Crippen molar-refractivity contribution in [3.63, 3.8) is 0 Å². The molecular weight excluding hydrogens is 337 g/mol. The van der Waals surface area contributed by atoms with Crippen molar-refractivity contribution in [2.24, 2.45) is 0 Å². The van der Waals surface area contributed by atoms with Crippen molar-refractivity contribution >= 4 is 11.8 Å². The van der Waals surface area contributed by atoms with E-state index in [-0.39, 0.29) is 24.7 Å². The van der Waals surface area contributed by atoms with Gasteiger partial charge in [0.05, 0.1) is 12.2 Å². The molecule has 5 nitrogen and oxygen atoms in total. The summed E-state index contributed by atoms with van der Waals surface area (Å²) in [6, 6.07) is 6.46. The van der Waals surface area contributed by atoms with Crippen molar-refractivity contribution in [2.75, 3.05) is 13.1 Å². The van der Waals surface area contributed by atoms with E-state index < -0.39 is 18.5 Å². The molecule has 1 saturated heterocycles. The summed E-state index contributed by atoms with van der Waals surface area (Å²) in [6.45, 7) is 4.82. The SMILES string of the molecule is CC1CN(C(=O)c2ccc(CNC(=O)CC(F)(F)F)cc2)CC(C)O1. The number of carbonyl (C=O) groups is 2. The van der Waals surface area contributed by atoms with Crippen LogP contribution in [0, 0.1) is 0 Å². The van der Waals surface area contributed by atoms with E-state index in [1.54, 1.807) is 29.2 Å². The minimum absolute atomic E-state index is 0.0188. The quantitative estimate of drug-likeness (QED) is 0.900. The van der Waals surface area contributed by atoms with E-state index in [1.165, 1.54) is 0 Å². The Labute approximate surface area is 144 Å². The molecular formula is C17H21F3N2O3. The zero-order valence-electron chi connectivity index (χ0n) is 14.1. The number of benzene rings is 1. The van der Waals surface area contributed by atoms with Crippen LogP contribution in [0.15, 0.2) is 24.3 Å². The van der Waals surface area contributed by atoms with Gasteiger partial charge in [-0.1, -0.05) is 12.1 Å². The molecule has 1 heterocycles. The summed E-state index contributed by atoms with van der Waals surface area (Å²) in [4.78, 5) is 25.4. The van der Waals surface area contributed by atoms with Gasteiger partial charge in [0.2, 0.25) is 5.91 Å². The molecule has 25 heavy (non-hydrogen) atoms. The van der Waals surface area contributed by atoms with Crippen LogP contribution in [-0.2, 0) is 16.1 Å². The molecule has 0 spiro atoms. The van der Waals surface area contributed by atoms with Crippen LogP contribution in [0.3, 0.4) is 0 Å². The van der Waals surface area contributed by atoms with Crippen molar-refractivity contribution in [1.29, 1.82) is 0 Å². The van der Waals surface area contributed by atoms with Gasteiger partial charge in [0.15, 0.2) is 0 Å². The lowest BCUT2D eigenvalue weighted by molar-refractivity contribution is -0.153. The molecule has 138 valence electrons. The van der Waals surface area contributed by atoms with E-state index in [9.17, 15) is 22.8 Å². The molecule has 0 aromatic heterocycles. The molecule has 0 aliphatic carbocycles. The fourth-order valence-electron chi connectivity index (χ4n) is 2.74. The van der Waals surface area contributed by atoms with Crippen LogP contribution in [0.1, 0.15) is 36.2 Å². The minimum Gasteiger partial charge on any atom is -0.372 e. The normalized spacial score (nSPS) is 21.1. The van der Waals surface area contributed by atoms with Crippen molar-refractivity contribution in [2.45, 2.75) is 45.2 Å². The van der Waals surface area contributed by atoms with Gasteiger partial charge in [-0.15, -0.1) is 0 Å². The van der Waals surface area contributed by atoms with Gasteiger partial charge in [0.1, 0.15) is 6.42 Å². The van der Waals surface area contributed by atoms with E-state index in [1.807, 2.05) is 13.8 Å². The minimum atomic E-state index is -4.52. The molecule has 0 saturated carbocycles. The predicted octanol–water partition coefficient (Wildman–Crippen LogP) is 2.50. The standard InChI is InChI=1S/C17H21F3N2O3/c1-11-9-22(10-12(2)25-11)16(24)14-5-3-13(4-6-14)8-21-15(23)7-17(18,19)20/h3-6,11-12H,7-10H2,1-2H3,(H,21,23). The highest BCUT2D eigenvalue weighted by molar-refractivity contribution is 5.94. The summed E-state index contributed by atoms with van der Waals surface area (Å²) in [7, 11) is 0. The highest BCUT2D eigenvalue weighted by Crippen LogP contribution is 2.19. The topological polar surface area (TPSA) is 58.6 Å². The second kappa shape index (κ2) is 7.86. The summed E-state index contributed by atoms with van der Waals surface area (Å²) in [5.74, 6) is -1.20. The highest BCUT2D eigenvalue weighted by atomic mass is 19.4. The number of hydrogen-bond donors (Lipinski definition) is 1. The van der Waals surface area contributed by atoms with Crippen LogP contribution in [0.5, 0.6) is 0 Å². The maximum absolute atomic E-state index is 12.5. The van der Waals surface area contributed by atoms with E-state index in [0.29, 0.717) is 24.2 Å². The first kappa shape index (κ1) is 19.2. The van der Waals surface area contributed by atoms with Gasteiger partial charge < -0.3 is 15.0 Å². The van der Waals surface area contributed by atoms with Gasteiger partial charge in [-0.25, -0.2) is 0 Å². The molecule has 0 bridgehead atoms. The molecule has 2 atom stereocenters. The summed E-state index contributed by atoms with van der Waals surface area (Å²) in [5, 5.41) is 2.21. The van der Waals surface area contributed by atoms with Gasteiger partial charge in [0.25, 0.3) is 5.91 Å². The maximum Gasteiger partial charge on any atom is 0.397 e. The van der Waals surface area contributed by atoms with Crippen LogP contribution >= 0.6 is 0 Å². The van der Waals surface area contributed by atoms with E-state index in [4.69, 9.17) is 4.74 Å². The lowest BCUT2D eigenvalue weighted by Gasteiger charge is -2.35. The Morgan fingerprint density at radius 1 is 1.16 bits per heavy atom. The van der Waals surface area contributed by atoms with Gasteiger partial charge >= 0.3 is 6.18 Å². The van der Waals surface area contributed by atoms with E-state index in [0.717, 1.165) is 0 Å². The second-order valence-corrected chi connectivity index (χ2v) is 6.23. The number of morpholine rings is 1. The fourth-order valence-corrected chi connectivity index (χ4v) is 2.74. The molecule has 1 fully saturated rings. The maximum atomic E-state index is 12.5. The smallest absolute Gasteiger partial charge is 0.372 e. The number of nitrogens with one attached hydrogen (secondary N) is 1. The Balaban J connectivity index is 1.91. The molecule has 1 aromatic rings. The number of amides is 2. The van der Waals surface area contributed by atoms with Crippen LogP contribution < -0.4 is 5.32 Å². The largest absolute Gasteiger partial charge is 0.397 e. The first-order valence-corrected chi connectivity index (χ1v) is 8.01. The zero-order valence-corrected chi connectivity index (χ0v) is 14.1. The van der Waals surface area contributed by atoms with Gasteiger partial charge in [-0.05, 0) is 31.5 Å². The number of hydrogen-bond acceptors (Lipinski definition) is 3. The molecule has 2 rings (SSSR count). The van der Waals surface area contributed by atoms with E-state index in [2.05, 4.69) is 5.32 Å². The number of nitrogens with zero attached hydrogens (tertiary/aromatic N) is 1. The third kappa shape index (κ3) is 6.04. The zero-order chi connectivity index (χ0) is 18.6. The van der Waals surface area contributed by atoms with Crippen molar-refractivity contribution in [3.05, 3.63) is 35.4 Å². The number of alkyl halides is 3. The van der Waals surface area contributed by atoms with Crippen molar-refractivity contribution in [1.82, 2.24) is 10.2 Å². The molecule has 0 radical (unpaired) electrons. The Morgan fingerprint density at radius 2 is 1.72 bits per heavy atom. The summed E-state index contributed by atoms with van der Waals surface area (Å²) >= 11 is 0. The summed E-state index contributed by atoms with van der Waals surface area (Å²) in [6.07, 6.45) is -6.09. The molecule has 1 aromatic carbocycles. The highest BCUT2D eigenvalue weighted by Gasteiger charge is 2.31. The molecule has 2 amide bonds. The first-order valence-electron chi connectivity index (χ1n) is 8.01. The first-order chi connectivity index (χ1) is 11.6. The Hall–Kier alpha value is -2.09. The van der Waals surface area contributed by atoms with Crippen molar-refractivity contribution in [3.8, 4) is 0 Å². The van der Waals surface area contributed by atoms with Crippen LogP contribution in [0.25, 0.3) is 0 Å². The summed E-state index contributed by atoms with van der Waals surface area (Å²) < 4.78 is 41.9. The van der Waals surface area contributed by atoms with Gasteiger partial charge in [-0.2, -0.15) is 13.2 Å². The summed E-state index contributed by atoms with van der Waals surface area (Å²) in [5.41, 5.74) is 1.11. The van der Waals surface area contributed by atoms with Gasteiger partial charge in [0, 0.05) is 25.2 Å². The average molecular weight is 358 g/mol. The van der Waals surface area contributed by atoms with Crippen LogP contribution in [-0.4, -0.2) is 48.2 Å². The lowest BCUT2D eigenvalue weighted by Crippen LogP contribution is -2.48. The Bertz CT molecular complexity index is 607. The number of rotatable bonds is 4. The molecule has 1 N–H and O–H groups in total. The number of ether oxygens (including phenoxy) is 1. The van der Waals surface area contributed by atoms with Crippen molar-refractivity contribution < 1.29 is 27.5 Å². The molecule has 1 aliphatic rings. The average Bonchev–Trinajstić information content (AvgIpc) is 2.50. The molecule has 1 aliphatic heterocycles. The third-order valence-corrected chi connectivity index (χ3v) is 3.76.